The lowest BCUT2D eigenvalue weighted by molar-refractivity contribution is -0.146. The zero-order valence-electron chi connectivity index (χ0n) is 9.10. The molecule has 0 spiro atoms. The molecule has 3 N–H and O–H groups in total. The van der Waals surface area contributed by atoms with Gasteiger partial charge in [0.15, 0.2) is 0 Å². The molecule has 0 aliphatic carbocycles. The molecule has 0 aromatic carbocycles. The van der Waals surface area contributed by atoms with Crippen LogP contribution < -0.4 is 11.1 Å². The first-order valence-electron chi connectivity index (χ1n) is 4.37. The number of hydrogen-bond donors (Lipinski definition) is 2. The maximum Gasteiger partial charge on any atom is 0.330 e. The fraction of sp³-hybridized carbons (Fsp3) is 0.500. The molecule has 0 bridgehead atoms. The van der Waals surface area contributed by atoms with Gasteiger partial charge in [0, 0.05) is 0 Å². The van der Waals surface area contributed by atoms with Crippen molar-refractivity contribution in [3.63, 3.8) is 0 Å². The first-order chi connectivity index (χ1) is 7.38. The van der Waals surface area contributed by atoms with Gasteiger partial charge in [-0.05, 0) is 24.2 Å². The number of carbonyl (C=O) groups is 2. The molecule has 1 aromatic rings. The third-order valence-corrected chi connectivity index (χ3v) is 1.85. The van der Waals surface area contributed by atoms with Crippen LogP contribution in [0.2, 0.25) is 0 Å². The van der Waals surface area contributed by atoms with Crippen LogP contribution >= 0.6 is 0 Å². The number of nitrogens with two attached hydrogens (primary N) is 1. The van der Waals surface area contributed by atoms with Crippen molar-refractivity contribution in [3.05, 3.63) is 5.69 Å². The SMILES string of the molecule is COC(=O)C(C)(C)NC(=O)c1nonc1N. The summed E-state index contributed by atoms with van der Waals surface area (Å²) in [4.78, 5) is 22.9. The van der Waals surface area contributed by atoms with Crippen molar-refractivity contribution >= 4 is 17.7 Å². The van der Waals surface area contributed by atoms with Crippen LogP contribution in [-0.2, 0) is 9.53 Å². The molecule has 0 saturated carbocycles. The maximum atomic E-state index is 11.6. The number of hydrogen-bond acceptors (Lipinski definition) is 7. The number of nitrogens with zero attached hydrogens (tertiary/aromatic N) is 2. The normalized spacial score (nSPS) is 10.9. The second-order valence-electron chi connectivity index (χ2n) is 3.57. The Bertz CT molecular complexity index is 412. The van der Waals surface area contributed by atoms with Gasteiger partial charge in [0.25, 0.3) is 5.91 Å². The summed E-state index contributed by atoms with van der Waals surface area (Å²) in [5, 5.41) is 8.95. The van der Waals surface area contributed by atoms with E-state index in [9.17, 15) is 9.59 Å². The van der Waals surface area contributed by atoms with Crippen LogP contribution in [0.5, 0.6) is 0 Å². The van der Waals surface area contributed by atoms with E-state index < -0.39 is 17.4 Å². The van der Waals surface area contributed by atoms with E-state index in [0.29, 0.717) is 0 Å². The smallest absolute Gasteiger partial charge is 0.330 e. The van der Waals surface area contributed by atoms with Crippen molar-refractivity contribution in [3.8, 4) is 0 Å². The Morgan fingerprint density at radius 3 is 2.50 bits per heavy atom. The van der Waals surface area contributed by atoms with Crippen LogP contribution in [-0.4, -0.2) is 34.8 Å². The van der Waals surface area contributed by atoms with E-state index in [0.717, 1.165) is 0 Å². The largest absolute Gasteiger partial charge is 0.467 e. The summed E-state index contributed by atoms with van der Waals surface area (Å²) in [6.45, 7) is 2.97. The monoisotopic (exact) mass is 228 g/mol. The molecule has 1 heterocycles. The van der Waals surface area contributed by atoms with Crippen LogP contribution in [0.15, 0.2) is 4.63 Å². The first kappa shape index (κ1) is 12.0. The Morgan fingerprint density at radius 1 is 1.44 bits per heavy atom. The molecule has 0 aliphatic rings. The van der Waals surface area contributed by atoms with E-state index in [1.807, 2.05) is 0 Å². The van der Waals surface area contributed by atoms with E-state index in [4.69, 9.17) is 5.73 Å². The molecule has 0 saturated heterocycles. The predicted octanol–water partition coefficient (Wildman–Crippen LogP) is -0.667. The summed E-state index contributed by atoms with van der Waals surface area (Å²) in [5.74, 6) is -1.39. The van der Waals surface area contributed by atoms with Crippen molar-refractivity contribution in [1.82, 2.24) is 15.6 Å². The fourth-order valence-electron chi connectivity index (χ4n) is 1.00. The Labute approximate surface area is 91.1 Å². The minimum atomic E-state index is -1.18. The molecule has 1 amide bonds. The average Bonchev–Trinajstić information content (AvgIpc) is 2.62. The molecule has 0 aliphatic heterocycles. The second-order valence-corrected chi connectivity index (χ2v) is 3.57. The molecular weight excluding hydrogens is 216 g/mol. The number of rotatable bonds is 3. The topological polar surface area (TPSA) is 120 Å². The number of amides is 1. The van der Waals surface area contributed by atoms with Gasteiger partial charge in [-0.2, -0.15) is 0 Å². The molecule has 8 heteroatoms. The first-order valence-corrected chi connectivity index (χ1v) is 4.37. The van der Waals surface area contributed by atoms with Gasteiger partial charge in [-0.3, -0.25) is 4.79 Å². The van der Waals surface area contributed by atoms with Crippen LogP contribution in [0.4, 0.5) is 5.82 Å². The van der Waals surface area contributed by atoms with Crippen molar-refractivity contribution in [2.24, 2.45) is 0 Å². The van der Waals surface area contributed by atoms with Gasteiger partial charge >= 0.3 is 5.97 Å². The minimum Gasteiger partial charge on any atom is -0.467 e. The molecule has 0 fully saturated rings. The maximum absolute atomic E-state index is 11.6. The zero-order chi connectivity index (χ0) is 12.3. The molecule has 8 nitrogen and oxygen atoms in total. The predicted molar refractivity (Wildman–Crippen MR) is 52.3 cm³/mol. The van der Waals surface area contributed by atoms with Gasteiger partial charge in [-0.25, -0.2) is 9.42 Å². The zero-order valence-corrected chi connectivity index (χ0v) is 9.10. The minimum absolute atomic E-state index is 0.141. The van der Waals surface area contributed by atoms with Gasteiger partial charge in [-0.1, -0.05) is 0 Å². The van der Waals surface area contributed by atoms with Gasteiger partial charge in [0.2, 0.25) is 11.5 Å². The quantitative estimate of drug-likeness (QED) is 0.658. The lowest BCUT2D eigenvalue weighted by atomic mass is 10.1. The highest BCUT2D eigenvalue weighted by Crippen LogP contribution is 2.09. The van der Waals surface area contributed by atoms with Crippen LogP contribution in [0, 0.1) is 0 Å². The lowest BCUT2D eigenvalue weighted by Gasteiger charge is -2.22. The summed E-state index contributed by atoms with van der Waals surface area (Å²) in [6, 6.07) is 0. The van der Waals surface area contributed by atoms with Crippen molar-refractivity contribution in [1.29, 1.82) is 0 Å². The molecule has 88 valence electrons. The molecular formula is C8H12N4O4. The number of anilines is 1. The standard InChI is InChI=1S/C8H12N4O4/c1-8(2,7(14)15-3)10-6(13)4-5(9)12-16-11-4/h1-3H3,(H2,9,12)(H,10,13). The highest BCUT2D eigenvalue weighted by atomic mass is 16.6. The van der Waals surface area contributed by atoms with Crippen molar-refractivity contribution in [2.75, 3.05) is 12.8 Å². The van der Waals surface area contributed by atoms with Crippen molar-refractivity contribution < 1.29 is 19.0 Å². The van der Waals surface area contributed by atoms with Gasteiger partial charge in [0.05, 0.1) is 7.11 Å². The number of nitrogens with one attached hydrogen (secondary N) is 1. The summed E-state index contributed by atoms with van der Waals surface area (Å²) < 4.78 is 8.78. The molecule has 16 heavy (non-hydrogen) atoms. The second kappa shape index (κ2) is 4.17. The molecule has 1 aromatic heterocycles. The number of esters is 1. The molecule has 0 atom stereocenters. The van der Waals surface area contributed by atoms with Crippen molar-refractivity contribution in [2.45, 2.75) is 19.4 Å². The number of methoxy groups -OCH3 is 1. The summed E-state index contributed by atoms with van der Waals surface area (Å²) in [7, 11) is 1.22. The number of ether oxygens (including phenoxy) is 1. The number of nitrogen functional groups attached to an aromatic ring is 1. The van der Waals surface area contributed by atoms with Crippen LogP contribution in [0.1, 0.15) is 24.3 Å². The fourth-order valence-corrected chi connectivity index (χ4v) is 1.00. The average molecular weight is 228 g/mol. The molecule has 1 rings (SSSR count). The lowest BCUT2D eigenvalue weighted by Crippen LogP contribution is -2.50. The summed E-state index contributed by atoms with van der Waals surface area (Å²) in [5.41, 5.74) is 3.97. The third kappa shape index (κ3) is 2.27. The van der Waals surface area contributed by atoms with E-state index in [1.165, 1.54) is 21.0 Å². The summed E-state index contributed by atoms with van der Waals surface area (Å²) in [6.07, 6.45) is 0. The van der Waals surface area contributed by atoms with E-state index in [2.05, 4.69) is 25.0 Å². The highest BCUT2D eigenvalue weighted by molar-refractivity contribution is 5.99. The Morgan fingerprint density at radius 2 is 2.06 bits per heavy atom. The molecule has 0 unspecified atom stereocenters. The number of carbonyl (C=O) groups excluding carboxylic acids is 2. The van der Waals surface area contributed by atoms with Crippen LogP contribution in [0.25, 0.3) is 0 Å². The highest BCUT2D eigenvalue weighted by Gasteiger charge is 2.32. The van der Waals surface area contributed by atoms with Gasteiger partial charge < -0.3 is 15.8 Å². The van der Waals surface area contributed by atoms with E-state index in [-0.39, 0.29) is 11.5 Å². The number of aromatic nitrogens is 2. The Kier molecular flexibility index (Phi) is 3.11. The van der Waals surface area contributed by atoms with E-state index >= 15 is 0 Å². The van der Waals surface area contributed by atoms with E-state index in [1.54, 1.807) is 0 Å². The van der Waals surface area contributed by atoms with Gasteiger partial charge in [-0.15, -0.1) is 0 Å². The summed E-state index contributed by atoms with van der Waals surface area (Å²) >= 11 is 0. The van der Waals surface area contributed by atoms with Crippen LogP contribution in [0.3, 0.4) is 0 Å². The Balaban J connectivity index is 2.79. The van der Waals surface area contributed by atoms with Gasteiger partial charge in [0.1, 0.15) is 5.54 Å². The third-order valence-electron chi connectivity index (χ3n) is 1.85. The molecule has 0 radical (unpaired) electrons. The Hall–Kier alpha value is -2.12.